The molecular weight excluding hydrogens is 630 g/mol. The maximum Gasteiger partial charge on any atom is 0.338 e. The summed E-state index contributed by atoms with van der Waals surface area (Å²) in [5.41, 5.74) is 7.28. The zero-order valence-corrected chi connectivity index (χ0v) is 26.0. The number of nitrogens with one attached hydrogen (secondary N) is 3. The summed E-state index contributed by atoms with van der Waals surface area (Å²) < 4.78 is 14.4. The molecule has 220 valence electrons. The third-order valence-corrected chi connectivity index (χ3v) is 7.58. The molecule has 2 heterocycles. The summed E-state index contributed by atoms with van der Waals surface area (Å²) in [6.45, 7) is 4.16. The number of aromatic nitrogens is 1. The Balaban J connectivity index is 1.27. The predicted octanol–water partition coefficient (Wildman–Crippen LogP) is 5.34. The molecule has 1 aliphatic rings. The number of amides is 1. The SMILES string of the molecule is CCOC(=O)C1=C(C)NC(=S)N[C@H]1c1ccccc1OCC(=O)NN=Cc1cn(Cc2ccc(Br)cc2)c2ccccc12. The molecule has 0 unspecified atom stereocenters. The third-order valence-electron chi connectivity index (χ3n) is 6.83. The van der Waals surface area contributed by atoms with E-state index < -0.39 is 17.9 Å². The molecule has 1 aromatic heterocycles. The fourth-order valence-electron chi connectivity index (χ4n) is 4.90. The number of rotatable bonds is 10. The van der Waals surface area contributed by atoms with Crippen LogP contribution in [0.1, 0.15) is 36.6 Å². The number of esters is 1. The molecule has 0 saturated carbocycles. The van der Waals surface area contributed by atoms with Gasteiger partial charge in [0.1, 0.15) is 5.75 Å². The summed E-state index contributed by atoms with van der Waals surface area (Å²) >= 11 is 8.82. The van der Waals surface area contributed by atoms with E-state index in [4.69, 9.17) is 21.7 Å². The van der Waals surface area contributed by atoms with Crippen LogP contribution < -0.4 is 20.8 Å². The molecule has 1 aliphatic heterocycles. The standard InChI is InChI=1S/C32H30BrN5O4S/c1-3-41-31(40)29-20(2)35-32(43)36-30(29)25-9-5-7-11-27(25)42-19-28(39)37-34-16-22-18-38(26-10-6-4-8-24(22)26)17-21-12-14-23(33)15-13-21/h4-16,18,30H,3,17,19H2,1-2H3,(H,37,39)(H2,35,36,43)/t30-/m0/s1. The van der Waals surface area contributed by atoms with Crippen LogP contribution in [-0.2, 0) is 20.9 Å². The molecule has 4 aromatic rings. The number of nitrogens with zero attached hydrogens (tertiary/aromatic N) is 2. The van der Waals surface area contributed by atoms with E-state index in [1.807, 2.05) is 48.7 Å². The van der Waals surface area contributed by atoms with Crippen molar-refractivity contribution in [1.82, 2.24) is 20.6 Å². The zero-order valence-electron chi connectivity index (χ0n) is 23.6. The van der Waals surface area contributed by atoms with Crippen LogP contribution in [0.15, 0.2) is 99.8 Å². The molecule has 1 amide bonds. The molecule has 0 saturated heterocycles. The highest BCUT2D eigenvalue weighted by Crippen LogP contribution is 2.33. The van der Waals surface area contributed by atoms with E-state index in [2.05, 4.69) is 59.9 Å². The monoisotopic (exact) mass is 659 g/mol. The number of fused-ring (bicyclic) bond motifs is 1. The average molecular weight is 661 g/mol. The topological polar surface area (TPSA) is 106 Å². The number of thiocarbonyl (C=S) groups is 1. The van der Waals surface area contributed by atoms with Crippen LogP contribution in [0, 0.1) is 0 Å². The number of hydrogen-bond acceptors (Lipinski definition) is 6. The summed E-state index contributed by atoms with van der Waals surface area (Å²) in [5.74, 6) is -0.474. The lowest BCUT2D eigenvalue weighted by atomic mass is 9.95. The number of ether oxygens (including phenoxy) is 2. The molecule has 5 rings (SSSR count). The first-order chi connectivity index (χ1) is 20.8. The van der Waals surface area contributed by atoms with Gasteiger partial charge < -0.3 is 24.7 Å². The molecule has 43 heavy (non-hydrogen) atoms. The Morgan fingerprint density at radius 2 is 1.84 bits per heavy atom. The number of hydrazone groups is 1. The third kappa shape index (κ3) is 7.12. The van der Waals surface area contributed by atoms with Crippen molar-refractivity contribution in [3.8, 4) is 5.75 Å². The lowest BCUT2D eigenvalue weighted by Crippen LogP contribution is -2.45. The number of hydrogen-bond donors (Lipinski definition) is 3. The lowest BCUT2D eigenvalue weighted by molar-refractivity contribution is -0.139. The average Bonchev–Trinajstić information content (AvgIpc) is 3.34. The minimum absolute atomic E-state index is 0.233. The number of para-hydroxylation sites is 2. The predicted molar refractivity (Wildman–Crippen MR) is 174 cm³/mol. The maximum absolute atomic E-state index is 12.8. The highest BCUT2D eigenvalue weighted by atomic mass is 79.9. The Labute approximate surface area is 263 Å². The minimum atomic E-state index is -0.611. The van der Waals surface area contributed by atoms with Crippen molar-refractivity contribution < 1.29 is 19.1 Å². The summed E-state index contributed by atoms with van der Waals surface area (Å²) in [4.78, 5) is 25.5. The van der Waals surface area contributed by atoms with E-state index in [0.717, 1.165) is 20.9 Å². The molecule has 0 fully saturated rings. The van der Waals surface area contributed by atoms with Gasteiger partial charge in [0.25, 0.3) is 5.91 Å². The van der Waals surface area contributed by atoms with Gasteiger partial charge in [-0.25, -0.2) is 10.2 Å². The normalized spacial score (nSPS) is 14.9. The van der Waals surface area contributed by atoms with E-state index in [9.17, 15) is 9.59 Å². The van der Waals surface area contributed by atoms with Crippen molar-refractivity contribution in [2.24, 2.45) is 5.10 Å². The molecule has 1 atom stereocenters. The Hall–Kier alpha value is -4.48. The van der Waals surface area contributed by atoms with Gasteiger partial charge in [0.05, 0.1) is 24.4 Å². The van der Waals surface area contributed by atoms with Gasteiger partial charge in [0.2, 0.25) is 0 Å². The Morgan fingerprint density at radius 3 is 2.63 bits per heavy atom. The molecule has 0 aliphatic carbocycles. The first kappa shape index (κ1) is 30.0. The van der Waals surface area contributed by atoms with E-state index in [0.29, 0.717) is 34.2 Å². The molecule has 0 bridgehead atoms. The van der Waals surface area contributed by atoms with Gasteiger partial charge >= 0.3 is 5.97 Å². The number of halogens is 1. The van der Waals surface area contributed by atoms with E-state index in [1.165, 1.54) is 5.56 Å². The van der Waals surface area contributed by atoms with Crippen molar-refractivity contribution in [2.45, 2.75) is 26.4 Å². The van der Waals surface area contributed by atoms with Crippen LogP contribution in [0.5, 0.6) is 5.75 Å². The van der Waals surface area contributed by atoms with Crippen molar-refractivity contribution >= 4 is 62.3 Å². The van der Waals surface area contributed by atoms with Gasteiger partial charge in [-0.05, 0) is 55.9 Å². The smallest absolute Gasteiger partial charge is 0.338 e. The van der Waals surface area contributed by atoms with Crippen molar-refractivity contribution in [1.29, 1.82) is 0 Å². The van der Waals surface area contributed by atoms with Gasteiger partial charge in [-0.15, -0.1) is 0 Å². The highest BCUT2D eigenvalue weighted by molar-refractivity contribution is 9.10. The van der Waals surface area contributed by atoms with Gasteiger partial charge in [-0.2, -0.15) is 5.10 Å². The fourth-order valence-corrected chi connectivity index (χ4v) is 5.44. The van der Waals surface area contributed by atoms with E-state index in [1.54, 1.807) is 32.2 Å². The molecule has 0 spiro atoms. The van der Waals surface area contributed by atoms with Crippen LogP contribution in [0.4, 0.5) is 0 Å². The molecule has 3 N–H and O–H groups in total. The number of benzene rings is 3. The van der Waals surface area contributed by atoms with Crippen molar-refractivity contribution in [3.63, 3.8) is 0 Å². The van der Waals surface area contributed by atoms with Crippen LogP contribution >= 0.6 is 28.1 Å². The first-order valence-electron chi connectivity index (χ1n) is 13.7. The van der Waals surface area contributed by atoms with Gasteiger partial charge in [0.15, 0.2) is 11.7 Å². The van der Waals surface area contributed by atoms with Crippen LogP contribution in [0.25, 0.3) is 10.9 Å². The lowest BCUT2D eigenvalue weighted by Gasteiger charge is -2.30. The van der Waals surface area contributed by atoms with E-state index >= 15 is 0 Å². The second-order valence-electron chi connectivity index (χ2n) is 9.77. The molecule has 3 aromatic carbocycles. The number of carbonyl (C=O) groups excluding carboxylic acids is 2. The molecule has 0 radical (unpaired) electrons. The fraction of sp³-hybridized carbons (Fsp3) is 0.188. The number of carbonyl (C=O) groups is 2. The van der Waals surface area contributed by atoms with Crippen LogP contribution in [-0.4, -0.2) is 41.0 Å². The Kier molecular flexibility index (Phi) is 9.53. The summed E-state index contributed by atoms with van der Waals surface area (Å²) in [7, 11) is 0. The van der Waals surface area contributed by atoms with Crippen molar-refractivity contribution in [2.75, 3.05) is 13.2 Å². The van der Waals surface area contributed by atoms with Gasteiger partial charge in [-0.3, -0.25) is 4.79 Å². The molecular formula is C32H30BrN5O4S. The largest absolute Gasteiger partial charge is 0.483 e. The Morgan fingerprint density at radius 1 is 1.09 bits per heavy atom. The van der Waals surface area contributed by atoms with Crippen LogP contribution in [0.2, 0.25) is 0 Å². The first-order valence-corrected chi connectivity index (χ1v) is 14.9. The van der Waals surface area contributed by atoms with Crippen molar-refractivity contribution in [3.05, 3.63) is 111 Å². The molecule has 11 heteroatoms. The van der Waals surface area contributed by atoms with Crippen LogP contribution in [0.3, 0.4) is 0 Å². The Bertz CT molecular complexity index is 1730. The summed E-state index contributed by atoms with van der Waals surface area (Å²) in [6.07, 6.45) is 3.65. The van der Waals surface area contributed by atoms with Gasteiger partial charge in [-0.1, -0.05) is 64.5 Å². The van der Waals surface area contributed by atoms with Gasteiger partial charge in [0, 0.05) is 44.9 Å². The molecule has 9 nitrogen and oxygen atoms in total. The summed E-state index contributed by atoms with van der Waals surface area (Å²) in [6, 6.07) is 22.8. The second-order valence-corrected chi connectivity index (χ2v) is 11.1. The number of allylic oxidation sites excluding steroid dienone is 1. The minimum Gasteiger partial charge on any atom is -0.483 e. The zero-order chi connectivity index (χ0) is 30.3. The summed E-state index contributed by atoms with van der Waals surface area (Å²) in [5, 5.41) is 11.7. The quantitative estimate of drug-likeness (QED) is 0.0914. The van der Waals surface area contributed by atoms with E-state index in [-0.39, 0.29) is 13.2 Å². The maximum atomic E-state index is 12.8. The second kappa shape index (κ2) is 13.7. The highest BCUT2D eigenvalue weighted by Gasteiger charge is 2.32.